The van der Waals surface area contributed by atoms with Crippen molar-refractivity contribution in [2.24, 2.45) is 0 Å². The summed E-state index contributed by atoms with van der Waals surface area (Å²) >= 11 is 0. The number of nitrogens with zero attached hydrogens (tertiary/aromatic N) is 2. The molecule has 0 rings (SSSR count). The van der Waals surface area contributed by atoms with E-state index >= 15 is 0 Å². The van der Waals surface area contributed by atoms with E-state index < -0.39 is 0 Å². The second-order valence-corrected chi connectivity index (χ2v) is 3.55. The number of nitriles is 1. The molecule has 1 unspecified atom stereocenters. The van der Waals surface area contributed by atoms with Crippen LogP contribution in [0, 0.1) is 11.3 Å². The Balaban J connectivity index is 3.80. The van der Waals surface area contributed by atoms with Crippen molar-refractivity contribution in [3.8, 4) is 6.07 Å². The lowest BCUT2D eigenvalue weighted by molar-refractivity contribution is 0.205. The molecule has 0 aliphatic heterocycles. The first-order chi connectivity index (χ1) is 6.26. The highest BCUT2D eigenvalue weighted by atomic mass is 15.1. The van der Waals surface area contributed by atoms with Gasteiger partial charge >= 0.3 is 0 Å². The van der Waals surface area contributed by atoms with Gasteiger partial charge in [0.2, 0.25) is 0 Å². The Kier molecular flexibility index (Phi) is 7.73. The van der Waals surface area contributed by atoms with Crippen LogP contribution in [0.3, 0.4) is 0 Å². The Hall–Kier alpha value is -0.550. The summed E-state index contributed by atoms with van der Waals surface area (Å²) in [5.74, 6) is 0. The molecule has 0 saturated heterocycles. The summed E-state index contributed by atoms with van der Waals surface area (Å²) in [4.78, 5) is 2.42. The fourth-order valence-corrected chi connectivity index (χ4v) is 1.37. The van der Waals surface area contributed by atoms with Crippen molar-refractivity contribution in [3.05, 3.63) is 0 Å². The molecular formula is C11H22N2. The van der Waals surface area contributed by atoms with Gasteiger partial charge < -0.3 is 0 Å². The average molecular weight is 182 g/mol. The van der Waals surface area contributed by atoms with Gasteiger partial charge in [0.05, 0.1) is 6.07 Å². The van der Waals surface area contributed by atoms with Crippen molar-refractivity contribution in [1.82, 2.24) is 4.90 Å². The molecule has 0 aromatic carbocycles. The normalized spacial score (nSPS) is 12.8. The molecule has 2 nitrogen and oxygen atoms in total. The quantitative estimate of drug-likeness (QED) is 0.605. The van der Waals surface area contributed by atoms with Gasteiger partial charge in [-0.1, -0.05) is 20.3 Å². The molecule has 0 spiro atoms. The number of rotatable bonds is 7. The average Bonchev–Trinajstić information content (AvgIpc) is 2.17. The fourth-order valence-electron chi connectivity index (χ4n) is 1.37. The first-order valence-electron chi connectivity index (χ1n) is 5.37. The van der Waals surface area contributed by atoms with Crippen molar-refractivity contribution in [1.29, 1.82) is 5.26 Å². The molecule has 0 amide bonds. The molecule has 2 heteroatoms. The first kappa shape index (κ1) is 12.4. The lowest BCUT2D eigenvalue weighted by Gasteiger charge is -2.27. The van der Waals surface area contributed by atoms with E-state index in [1.165, 1.54) is 19.3 Å². The molecule has 0 fully saturated rings. The van der Waals surface area contributed by atoms with Crippen LogP contribution < -0.4 is 0 Å². The second-order valence-electron chi connectivity index (χ2n) is 3.55. The van der Waals surface area contributed by atoms with Gasteiger partial charge in [-0.15, -0.1) is 0 Å². The summed E-state index contributed by atoms with van der Waals surface area (Å²) in [6.45, 7) is 8.74. The largest absolute Gasteiger partial charge is 0.300 e. The predicted molar refractivity (Wildman–Crippen MR) is 56.5 cm³/mol. The van der Waals surface area contributed by atoms with Crippen LogP contribution in [0.15, 0.2) is 0 Å². The van der Waals surface area contributed by atoms with Crippen LogP contribution in [0.1, 0.15) is 46.5 Å². The Bertz CT molecular complexity index is 149. The zero-order valence-corrected chi connectivity index (χ0v) is 9.21. The molecule has 0 saturated carbocycles. The Morgan fingerprint density at radius 3 is 2.46 bits per heavy atom. The minimum Gasteiger partial charge on any atom is -0.300 e. The maximum atomic E-state index is 8.52. The summed E-state index contributed by atoms with van der Waals surface area (Å²) in [5.41, 5.74) is 0. The zero-order chi connectivity index (χ0) is 10.1. The summed E-state index contributed by atoms with van der Waals surface area (Å²) in [5, 5.41) is 8.52. The third-order valence-corrected chi connectivity index (χ3v) is 2.52. The number of unbranched alkanes of at least 4 members (excludes halogenated alkanes) is 1. The van der Waals surface area contributed by atoms with E-state index in [0.29, 0.717) is 12.5 Å². The molecule has 0 aromatic rings. The van der Waals surface area contributed by atoms with E-state index in [4.69, 9.17) is 5.26 Å². The van der Waals surface area contributed by atoms with E-state index in [2.05, 4.69) is 31.7 Å². The third kappa shape index (κ3) is 5.65. The molecule has 1 atom stereocenters. The van der Waals surface area contributed by atoms with E-state index in [0.717, 1.165) is 13.1 Å². The topological polar surface area (TPSA) is 27.0 Å². The van der Waals surface area contributed by atoms with Crippen LogP contribution >= 0.6 is 0 Å². The second kappa shape index (κ2) is 8.07. The molecule has 0 bridgehead atoms. The third-order valence-electron chi connectivity index (χ3n) is 2.52. The monoisotopic (exact) mass is 182 g/mol. The Labute approximate surface area is 82.5 Å². The highest BCUT2D eigenvalue weighted by Gasteiger charge is 2.10. The van der Waals surface area contributed by atoms with Gasteiger partial charge in [-0.05, 0) is 26.3 Å². The lowest BCUT2D eigenvalue weighted by atomic mass is 10.2. The van der Waals surface area contributed by atoms with Gasteiger partial charge in [0.15, 0.2) is 0 Å². The molecule has 0 N–H and O–H groups in total. The lowest BCUT2D eigenvalue weighted by Crippen LogP contribution is -2.34. The highest BCUT2D eigenvalue weighted by Crippen LogP contribution is 2.06. The molecule has 13 heavy (non-hydrogen) atoms. The molecule has 0 aromatic heterocycles. The SMILES string of the molecule is CCCCN(CCC#N)C(C)CC. The van der Waals surface area contributed by atoms with E-state index in [1.807, 2.05) is 0 Å². The molecule has 0 aliphatic carbocycles. The maximum absolute atomic E-state index is 8.52. The van der Waals surface area contributed by atoms with Crippen molar-refractivity contribution in [2.45, 2.75) is 52.5 Å². The predicted octanol–water partition coefficient (Wildman–Crippen LogP) is 2.80. The standard InChI is InChI=1S/C11H22N2/c1-4-6-9-13(10-7-8-12)11(3)5-2/h11H,4-7,9-10H2,1-3H3. The zero-order valence-electron chi connectivity index (χ0n) is 9.21. The van der Waals surface area contributed by atoms with Crippen LogP contribution in [0.2, 0.25) is 0 Å². The summed E-state index contributed by atoms with van der Waals surface area (Å²) in [6.07, 6.45) is 4.32. The fraction of sp³-hybridized carbons (Fsp3) is 0.909. The number of hydrogen-bond acceptors (Lipinski definition) is 2. The van der Waals surface area contributed by atoms with Gasteiger partial charge in [-0.3, -0.25) is 4.90 Å². The van der Waals surface area contributed by atoms with Gasteiger partial charge in [-0.2, -0.15) is 5.26 Å². The highest BCUT2D eigenvalue weighted by molar-refractivity contribution is 4.74. The summed E-state index contributed by atoms with van der Waals surface area (Å²) < 4.78 is 0. The molecular weight excluding hydrogens is 160 g/mol. The smallest absolute Gasteiger partial charge is 0.0635 e. The molecule has 0 aliphatic rings. The van der Waals surface area contributed by atoms with Crippen LogP contribution in [-0.2, 0) is 0 Å². The van der Waals surface area contributed by atoms with E-state index in [-0.39, 0.29) is 0 Å². The summed E-state index contributed by atoms with van der Waals surface area (Å²) in [6, 6.07) is 2.84. The van der Waals surface area contributed by atoms with Crippen LogP contribution in [0.5, 0.6) is 0 Å². The minimum absolute atomic E-state index is 0.625. The van der Waals surface area contributed by atoms with Gasteiger partial charge in [0.25, 0.3) is 0 Å². The van der Waals surface area contributed by atoms with Gasteiger partial charge in [0, 0.05) is 19.0 Å². The van der Waals surface area contributed by atoms with Crippen molar-refractivity contribution in [2.75, 3.05) is 13.1 Å². The summed E-state index contributed by atoms with van der Waals surface area (Å²) in [7, 11) is 0. The van der Waals surface area contributed by atoms with E-state index in [9.17, 15) is 0 Å². The Morgan fingerprint density at radius 1 is 1.31 bits per heavy atom. The van der Waals surface area contributed by atoms with Crippen LogP contribution in [0.25, 0.3) is 0 Å². The first-order valence-corrected chi connectivity index (χ1v) is 5.37. The minimum atomic E-state index is 0.625. The Morgan fingerprint density at radius 2 is 2.00 bits per heavy atom. The van der Waals surface area contributed by atoms with Crippen molar-refractivity contribution < 1.29 is 0 Å². The van der Waals surface area contributed by atoms with Gasteiger partial charge in [0.1, 0.15) is 0 Å². The molecule has 76 valence electrons. The molecule has 0 heterocycles. The van der Waals surface area contributed by atoms with Crippen LogP contribution in [-0.4, -0.2) is 24.0 Å². The van der Waals surface area contributed by atoms with Gasteiger partial charge in [-0.25, -0.2) is 0 Å². The van der Waals surface area contributed by atoms with Crippen molar-refractivity contribution in [3.63, 3.8) is 0 Å². The van der Waals surface area contributed by atoms with Crippen molar-refractivity contribution >= 4 is 0 Å². The van der Waals surface area contributed by atoms with E-state index in [1.54, 1.807) is 0 Å². The maximum Gasteiger partial charge on any atom is 0.0635 e. The van der Waals surface area contributed by atoms with Crippen LogP contribution in [0.4, 0.5) is 0 Å². The molecule has 0 radical (unpaired) electrons. The number of hydrogen-bond donors (Lipinski definition) is 0.